The summed E-state index contributed by atoms with van der Waals surface area (Å²) in [6.45, 7) is 4.22. The molecule has 2 heterocycles. The molecule has 0 aliphatic heterocycles. The molecule has 0 fully saturated rings. The van der Waals surface area contributed by atoms with Crippen LogP contribution >= 0.6 is 0 Å². The van der Waals surface area contributed by atoms with Gasteiger partial charge in [0.15, 0.2) is 5.69 Å². The van der Waals surface area contributed by atoms with Crippen LogP contribution in [0.3, 0.4) is 0 Å². The molecule has 1 N–H and O–H groups in total. The van der Waals surface area contributed by atoms with Crippen LogP contribution in [0.1, 0.15) is 23.1 Å². The smallest absolute Gasteiger partial charge is 0.272 e. The molecule has 0 saturated heterocycles. The Hall–Kier alpha value is -2.30. The molecule has 0 aromatic carbocycles. The Balaban J connectivity index is 2.51. The van der Waals surface area contributed by atoms with E-state index >= 15 is 0 Å². The topological polar surface area (TPSA) is 67.8 Å². The van der Waals surface area contributed by atoms with Crippen LogP contribution in [0.5, 0.6) is 0 Å². The van der Waals surface area contributed by atoms with Gasteiger partial charge >= 0.3 is 0 Å². The molecule has 0 spiro atoms. The third kappa shape index (κ3) is 2.51. The van der Waals surface area contributed by atoms with E-state index in [4.69, 9.17) is 0 Å². The summed E-state index contributed by atoms with van der Waals surface area (Å²) < 4.78 is 0. The van der Waals surface area contributed by atoms with E-state index in [9.17, 15) is 4.79 Å². The SMILES string of the molecule is CCNC(=O)c1nc(C)cnc1-c1ccccn1. The lowest BCUT2D eigenvalue weighted by Gasteiger charge is -2.07. The average molecular weight is 242 g/mol. The fourth-order valence-electron chi connectivity index (χ4n) is 1.57. The predicted molar refractivity (Wildman–Crippen MR) is 68.0 cm³/mol. The van der Waals surface area contributed by atoms with Crippen molar-refractivity contribution in [2.24, 2.45) is 0 Å². The molecule has 0 aliphatic carbocycles. The van der Waals surface area contributed by atoms with Gasteiger partial charge in [0.2, 0.25) is 0 Å². The minimum absolute atomic E-state index is 0.227. The summed E-state index contributed by atoms with van der Waals surface area (Å²) in [4.78, 5) is 24.7. The van der Waals surface area contributed by atoms with Gasteiger partial charge in [0, 0.05) is 18.9 Å². The van der Waals surface area contributed by atoms with Gasteiger partial charge < -0.3 is 5.32 Å². The number of hydrogen-bond donors (Lipinski definition) is 1. The largest absolute Gasteiger partial charge is 0.351 e. The highest BCUT2D eigenvalue weighted by molar-refractivity contribution is 5.97. The lowest BCUT2D eigenvalue weighted by Crippen LogP contribution is -2.25. The van der Waals surface area contributed by atoms with Gasteiger partial charge in [-0.1, -0.05) is 6.07 Å². The van der Waals surface area contributed by atoms with E-state index in [2.05, 4.69) is 20.3 Å². The maximum absolute atomic E-state index is 11.9. The lowest BCUT2D eigenvalue weighted by molar-refractivity contribution is 0.0951. The molecule has 0 radical (unpaired) electrons. The zero-order valence-electron chi connectivity index (χ0n) is 10.3. The van der Waals surface area contributed by atoms with Crippen molar-refractivity contribution in [3.05, 3.63) is 42.0 Å². The number of carbonyl (C=O) groups excluding carboxylic acids is 1. The van der Waals surface area contributed by atoms with Crippen LogP contribution in [0.15, 0.2) is 30.6 Å². The van der Waals surface area contributed by atoms with Crippen molar-refractivity contribution in [3.8, 4) is 11.4 Å². The maximum atomic E-state index is 11.9. The second-order valence-corrected chi connectivity index (χ2v) is 3.78. The van der Waals surface area contributed by atoms with E-state index in [0.29, 0.717) is 29.3 Å². The molecule has 0 bridgehead atoms. The molecule has 0 unspecified atom stereocenters. The van der Waals surface area contributed by atoms with Crippen molar-refractivity contribution in [2.75, 3.05) is 6.54 Å². The van der Waals surface area contributed by atoms with E-state index in [0.717, 1.165) is 0 Å². The third-order valence-corrected chi connectivity index (χ3v) is 2.35. The van der Waals surface area contributed by atoms with Crippen LogP contribution < -0.4 is 5.32 Å². The molecule has 2 rings (SSSR count). The molecule has 18 heavy (non-hydrogen) atoms. The first-order valence-corrected chi connectivity index (χ1v) is 5.75. The molecule has 2 aromatic heterocycles. The summed E-state index contributed by atoms with van der Waals surface area (Å²) >= 11 is 0. The van der Waals surface area contributed by atoms with E-state index in [1.807, 2.05) is 25.1 Å². The summed E-state index contributed by atoms with van der Waals surface area (Å²) in [5, 5.41) is 2.73. The van der Waals surface area contributed by atoms with Gasteiger partial charge in [-0.15, -0.1) is 0 Å². The number of nitrogens with zero attached hydrogens (tertiary/aromatic N) is 3. The summed E-state index contributed by atoms with van der Waals surface area (Å²) in [7, 11) is 0. The highest BCUT2D eigenvalue weighted by Gasteiger charge is 2.16. The van der Waals surface area contributed by atoms with Crippen LogP contribution in [0.25, 0.3) is 11.4 Å². The second-order valence-electron chi connectivity index (χ2n) is 3.78. The third-order valence-electron chi connectivity index (χ3n) is 2.35. The number of amides is 1. The quantitative estimate of drug-likeness (QED) is 0.887. The van der Waals surface area contributed by atoms with E-state index in [1.54, 1.807) is 19.3 Å². The van der Waals surface area contributed by atoms with Gasteiger partial charge in [-0.25, -0.2) is 4.98 Å². The van der Waals surface area contributed by atoms with Crippen molar-refractivity contribution in [1.82, 2.24) is 20.3 Å². The Morgan fingerprint density at radius 3 is 2.83 bits per heavy atom. The van der Waals surface area contributed by atoms with Crippen LogP contribution in [-0.2, 0) is 0 Å². The fraction of sp³-hybridized carbons (Fsp3) is 0.231. The predicted octanol–water partition coefficient (Wildman–Crippen LogP) is 1.60. The number of pyridine rings is 1. The maximum Gasteiger partial charge on any atom is 0.272 e. The second kappa shape index (κ2) is 5.35. The van der Waals surface area contributed by atoms with Crippen molar-refractivity contribution >= 4 is 5.91 Å². The van der Waals surface area contributed by atoms with E-state index in [1.165, 1.54) is 0 Å². The van der Waals surface area contributed by atoms with Crippen LogP contribution in [0, 0.1) is 6.92 Å². The summed E-state index contributed by atoms with van der Waals surface area (Å²) in [5.74, 6) is -0.227. The zero-order valence-corrected chi connectivity index (χ0v) is 10.3. The molecular weight excluding hydrogens is 228 g/mol. The monoisotopic (exact) mass is 242 g/mol. The highest BCUT2D eigenvalue weighted by Crippen LogP contribution is 2.17. The van der Waals surface area contributed by atoms with Crippen LogP contribution in [0.2, 0.25) is 0 Å². The van der Waals surface area contributed by atoms with Crippen molar-refractivity contribution in [3.63, 3.8) is 0 Å². The molecule has 2 aromatic rings. The Kier molecular flexibility index (Phi) is 3.62. The molecule has 0 atom stereocenters. The number of carbonyl (C=O) groups is 1. The fourth-order valence-corrected chi connectivity index (χ4v) is 1.57. The van der Waals surface area contributed by atoms with Crippen molar-refractivity contribution in [2.45, 2.75) is 13.8 Å². The van der Waals surface area contributed by atoms with Crippen LogP contribution in [-0.4, -0.2) is 27.4 Å². The normalized spacial score (nSPS) is 10.1. The molecule has 0 saturated carbocycles. The highest BCUT2D eigenvalue weighted by atomic mass is 16.1. The summed E-state index contributed by atoms with van der Waals surface area (Å²) in [5.41, 5.74) is 2.17. The minimum atomic E-state index is -0.227. The van der Waals surface area contributed by atoms with Gasteiger partial charge in [0.25, 0.3) is 5.91 Å². The first kappa shape index (κ1) is 12.2. The molecule has 1 amide bonds. The molecule has 5 nitrogen and oxygen atoms in total. The van der Waals surface area contributed by atoms with Crippen LogP contribution in [0.4, 0.5) is 0 Å². The molecule has 92 valence electrons. The number of aryl methyl sites for hydroxylation is 1. The lowest BCUT2D eigenvalue weighted by atomic mass is 10.2. The number of hydrogen-bond acceptors (Lipinski definition) is 4. The zero-order chi connectivity index (χ0) is 13.0. The number of rotatable bonds is 3. The van der Waals surface area contributed by atoms with Crippen molar-refractivity contribution < 1.29 is 4.79 Å². The number of aromatic nitrogens is 3. The summed E-state index contributed by atoms with van der Waals surface area (Å²) in [6, 6.07) is 5.48. The molecular formula is C13H14N4O. The van der Waals surface area contributed by atoms with Gasteiger partial charge in [0.1, 0.15) is 5.69 Å². The Bertz CT molecular complexity index is 554. The number of nitrogens with one attached hydrogen (secondary N) is 1. The minimum Gasteiger partial charge on any atom is -0.351 e. The molecule has 5 heteroatoms. The van der Waals surface area contributed by atoms with E-state index in [-0.39, 0.29) is 5.91 Å². The van der Waals surface area contributed by atoms with Gasteiger partial charge in [-0.05, 0) is 26.0 Å². The first-order chi connectivity index (χ1) is 8.72. The van der Waals surface area contributed by atoms with Crippen molar-refractivity contribution in [1.29, 1.82) is 0 Å². The Morgan fingerprint density at radius 2 is 2.17 bits per heavy atom. The van der Waals surface area contributed by atoms with Gasteiger partial charge in [-0.2, -0.15) is 0 Å². The Labute approximate surface area is 105 Å². The summed E-state index contributed by atoms with van der Waals surface area (Å²) in [6.07, 6.45) is 3.30. The van der Waals surface area contributed by atoms with E-state index < -0.39 is 0 Å². The first-order valence-electron chi connectivity index (χ1n) is 5.75. The van der Waals surface area contributed by atoms with Gasteiger partial charge in [0.05, 0.1) is 11.4 Å². The standard InChI is InChI=1S/C13H14N4O/c1-3-14-13(18)12-11(16-8-9(2)17-12)10-6-4-5-7-15-10/h4-8H,3H2,1-2H3,(H,14,18). The average Bonchev–Trinajstić information content (AvgIpc) is 2.40. The Morgan fingerprint density at radius 1 is 1.33 bits per heavy atom. The van der Waals surface area contributed by atoms with Gasteiger partial charge in [-0.3, -0.25) is 14.8 Å². The molecule has 0 aliphatic rings.